The van der Waals surface area contributed by atoms with Gasteiger partial charge in [0.05, 0.1) is 0 Å². The Morgan fingerprint density at radius 1 is 0.533 bits per heavy atom. The zero-order chi connectivity index (χ0) is 21.9. The van der Waals surface area contributed by atoms with E-state index >= 15 is 0 Å². The molecular weight excluding hydrogens is 589 g/mol. The first-order valence-electron chi connectivity index (χ1n) is 8.30. The van der Waals surface area contributed by atoms with Gasteiger partial charge in [0, 0.05) is 13.1 Å². The second-order valence-electron chi connectivity index (χ2n) is 5.96. The third kappa shape index (κ3) is 8.11. The topological polar surface area (TPSA) is 73.5 Å². The van der Waals surface area contributed by atoms with E-state index in [1.807, 2.05) is 60.7 Å². The fraction of sp³-hybridized carbons (Fsp3) is 0.143. The Hall–Kier alpha value is 1.02. The van der Waals surface area contributed by atoms with E-state index in [1.54, 1.807) is 0 Å². The van der Waals surface area contributed by atoms with Crippen LogP contribution in [0.1, 0.15) is 11.1 Å². The van der Waals surface area contributed by atoms with E-state index in [4.69, 9.17) is 67.4 Å². The third-order valence-corrected chi connectivity index (χ3v) is 19.9. The quantitative estimate of drug-likeness (QED) is 0.322. The van der Waals surface area contributed by atoms with Gasteiger partial charge in [0.2, 0.25) is 13.4 Å². The Balaban J connectivity index is 1.94. The predicted octanol–water partition coefficient (Wildman–Crippen LogP) is 10.8. The van der Waals surface area contributed by atoms with Gasteiger partial charge in [-0.2, -0.15) is 18.1 Å². The Bertz CT molecular complexity index is 1020. The predicted molar refractivity (Wildman–Crippen MR) is 139 cm³/mol. The minimum atomic E-state index is -3.33. The largest absolute Gasteiger partial charge is 0.257 e. The molecule has 0 aliphatic carbocycles. The van der Waals surface area contributed by atoms with Crippen LogP contribution in [0.5, 0.6) is 0 Å². The molecule has 1 aliphatic rings. The van der Waals surface area contributed by atoms with Crippen LogP contribution in [0.15, 0.2) is 78.7 Å². The van der Waals surface area contributed by atoms with Crippen molar-refractivity contribution in [2.24, 2.45) is 18.1 Å². The van der Waals surface area contributed by atoms with Gasteiger partial charge in [-0.05, 0) is 78.6 Å². The summed E-state index contributed by atoms with van der Waals surface area (Å²) in [5, 5.41) is 6.14. The summed E-state index contributed by atoms with van der Waals surface area (Å²) in [6.45, 7) is -5.66. The van der Waals surface area contributed by atoms with E-state index in [1.165, 1.54) is 0 Å². The average Bonchev–Trinajstić information content (AvgIpc) is 2.64. The van der Waals surface area contributed by atoms with Crippen molar-refractivity contribution in [3.63, 3.8) is 0 Å². The van der Waals surface area contributed by atoms with Crippen LogP contribution in [0.25, 0.3) is 0 Å². The second kappa shape index (κ2) is 10.5. The van der Waals surface area contributed by atoms with Crippen molar-refractivity contribution >= 4 is 92.7 Å². The van der Waals surface area contributed by atoms with Crippen LogP contribution < -0.4 is 10.2 Å². The lowest BCUT2D eigenvalue weighted by Gasteiger charge is -2.24. The Morgan fingerprint density at radius 3 is 1.20 bits per heavy atom. The van der Waals surface area contributed by atoms with Crippen molar-refractivity contribution in [1.29, 1.82) is 0 Å². The van der Waals surface area contributed by atoms with Crippen LogP contribution in [0.4, 0.5) is 0 Å². The molecule has 1 heterocycles. The smallest absolute Gasteiger partial charge is 0.249 e. The molecule has 0 amide bonds. The Labute approximate surface area is 204 Å². The monoisotopic (exact) mass is 602 g/mol. The lowest BCUT2D eigenvalue weighted by Crippen LogP contribution is -2.07. The minimum absolute atomic E-state index is 0.361. The van der Waals surface area contributed by atoms with Gasteiger partial charge in [-0.25, -0.2) is 10.2 Å². The summed E-state index contributed by atoms with van der Waals surface area (Å²) < 4.78 is 17.3. The fourth-order valence-corrected chi connectivity index (χ4v) is 24.0. The van der Waals surface area contributed by atoms with Gasteiger partial charge in [-0.15, -0.1) is 0 Å². The van der Waals surface area contributed by atoms with Crippen molar-refractivity contribution in [2.45, 2.75) is 13.1 Å². The van der Waals surface area contributed by atoms with Crippen molar-refractivity contribution in [2.75, 3.05) is 0 Å². The molecular formula is C14H16Cl6N6P4. The van der Waals surface area contributed by atoms with Crippen LogP contribution in [0.3, 0.4) is 0 Å². The van der Waals surface area contributed by atoms with Gasteiger partial charge in [0.25, 0.3) is 11.8 Å². The van der Waals surface area contributed by atoms with Crippen LogP contribution in [-0.2, 0) is 13.1 Å². The van der Waals surface area contributed by atoms with Gasteiger partial charge in [-0.1, -0.05) is 60.7 Å². The zero-order valence-electron chi connectivity index (χ0n) is 15.0. The number of benzene rings is 2. The molecule has 164 valence electrons. The number of nitrogens with one attached hydrogen (secondary N) is 2. The van der Waals surface area contributed by atoms with Gasteiger partial charge < -0.3 is 0 Å². The number of hydrogen-bond donors (Lipinski definition) is 2. The lowest BCUT2D eigenvalue weighted by atomic mass is 10.2. The molecule has 0 spiro atoms. The summed E-state index contributed by atoms with van der Waals surface area (Å²) in [5.74, 6) is -6.66. The number of rotatable bonds is 6. The maximum Gasteiger partial charge on any atom is 0.257 e. The van der Waals surface area contributed by atoms with Gasteiger partial charge in [-0.3, -0.25) is 0 Å². The molecule has 3 rings (SSSR count). The molecule has 0 radical (unpaired) electrons. The molecule has 2 N–H and O–H groups in total. The molecule has 0 saturated carbocycles. The highest BCUT2D eigenvalue weighted by molar-refractivity contribution is 8.19. The molecule has 2 unspecified atom stereocenters. The molecule has 2 aromatic rings. The summed E-state index contributed by atoms with van der Waals surface area (Å²) in [4.78, 5) is 0. The van der Waals surface area contributed by atoms with E-state index < -0.39 is 25.2 Å². The van der Waals surface area contributed by atoms with Crippen LogP contribution >= 0.6 is 92.7 Å². The fourth-order valence-electron chi connectivity index (χ4n) is 2.34. The van der Waals surface area contributed by atoms with Crippen molar-refractivity contribution in [3.05, 3.63) is 71.8 Å². The highest BCUT2D eigenvalue weighted by Crippen LogP contribution is 2.84. The van der Waals surface area contributed by atoms with Crippen LogP contribution in [-0.4, -0.2) is 0 Å². The SMILES string of the molecule is ClP1(Cl)=NP(Cl)(NCc2ccccc2)=NP(Cl)(Cl)=NP(Cl)(NCc2ccccc2)=N1. The molecule has 0 bridgehead atoms. The van der Waals surface area contributed by atoms with Crippen LogP contribution in [0.2, 0.25) is 0 Å². The summed E-state index contributed by atoms with van der Waals surface area (Å²) >= 11 is 39.0. The highest BCUT2D eigenvalue weighted by Gasteiger charge is 2.32. The van der Waals surface area contributed by atoms with Crippen molar-refractivity contribution in [3.8, 4) is 0 Å². The zero-order valence-corrected chi connectivity index (χ0v) is 23.1. The first-order chi connectivity index (χ1) is 14.0. The molecule has 6 nitrogen and oxygen atoms in total. The first kappa shape index (κ1) is 25.6. The maximum atomic E-state index is 6.65. The van der Waals surface area contributed by atoms with Crippen molar-refractivity contribution in [1.82, 2.24) is 10.2 Å². The molecule has 16 heteroatoms. The number of nitrogens with zero attached hydrogens (tertiary/aromatic N) is 4. The molecule has 0 fully saturated rings. The Kier molecular flexibility index (Phi) is 8.99. The van der Waals surface area contributed by atoms with E-state index in [2.05, 4.69) is 28.2 Å². The first-order valence-corrected chi connectivity index (χ1v) is 20.5. The summed E-state index contributed by atoms with van der Waals surface area (Å²) in [6.07, 6.45) is 0. The molecule has 0 aromatic heterocycles. The lowest BCUT2D eigenvalue weighted by molar-refractivity contribution is 0.957. The standard InChI is InChI=1S/C14H16Cl6N6P4/c15-27(16)23-29(19,21-11-13-7-3-1-4-8-13)24-28(17,18)26-30(20,25-27)22-12-14-9-5-2-6-10-14/h1-10,21-22H,11-12H2. The van der Waals surface area contributed by atoms with Gasteiger partial charge in [0.1, 0.15) is 0 Å². The summed E-state index contributed by atoms with van der Waals surface area (Å²) in [5.41, 5.74) is 1.92. The molecule has 2 aromatic carbocycles. The van der Waals surface area contributed by atoms with Crippen LogP contribution in [0, 0.1) is 0 Å². The van der Waals surface area contributed by atoms with E-state index in [0.717, 1.165) is 11.1 Å². The van der Waals surface area contributed by atoms with Gasteiger partial charge >= 0.3 is 0 Å². The second-order valence-corrected chi connectivity index (χ2v) is 22.9. The summed E-state index contributed by atoms with van der Waals surface area (Å²) in [7, 11) is 0. The van der Waals surface area contributed by atoms with E-state index in [9.17, 15) is 0 Å². The summed E-state index contributed by atoms with van der Waals surface area (Å²) in [6, 6.07) is 19.1. The number of hydrogen-bond acceptors (Lipinski definition) is 6. The Morgan fingerprint density at radius 2 is 0.867 bits per heavy atom. The molecule has 2 atom stereocenters. The highest BCUT2D eigenvalue weighted by atomic mass is 35.9. The normalized spacial score (nSPS) is 27.4. The number of halogens is 6. The average molecular weight is 605 g/mol. The van der Waals surface area contributed by atoms with Gasteiger partial charge in [0.15, 0.2) is 0 Å². The van der Waals surface area contributed by atoms with Crippen molar-refractivity contribution < 1.29 is 0 Å². The maximum absolute atomic E-state index is 6.65. The molecule has 0 saturated heterocycles. The third-order valence-electron chi connectivity index (χ3n) is 3.56. The van der Waals surface area contributed by atoms with E-state index in [-0.39, 0.29) is 0 Å². The molecule has 30 heavy (non-hydrogen) atoms. The van der Waals surface area contributed by atoms with E-state index in [0.29, 0.717) is 13.1 Å². The minimum Gasteiger partial charge on any atom is -0.249 e. The molecule has 1 aliphatic heterocycles.